The molecule has 0 aromatic rings. The highest BCUT2D eigenvalue weighted by atomic mass is 16.3. The van der Waals surface area contributed by atoms with Crippen LogP contribution >= 0.6 is 0 Å². The van der Waals surface area contributed by atoms with E-state index in [4.69, 9.17) is 0 Å². The lowest BCUT2D eigenvalue weighted by molar-refractivity contribution is -0.886. The smallest absolute Gasteiger partial charge is 0.135 e. The topological polar surface area (TPSA) is 20.2 Å². The maximum Gasteiger partial charge on any atom is 0.135 e. The van der Waals surface area contributed by atoms with Crippen LogP contribution in [-0.4, -0.2) is 34.8 Å². The fourth-order valence-corrected chi connectivity index (χ4v) is 2.32. The molecule has 0 radical (unpaired) electrons. The van der Waals surface area contributed by atoms with Crippen molar-refractivity contribution in [2.45, 2.75) is 33.3 Å². The number of aliphatic hydroxyl groups is 1. The van der Waals surface area contributed by atoms with Gasteiger partial charge in [-0.3, -0.25) is 4.48 Å². The number of hydrogen-bond acceptors (Lipinski definition) is 1. The van der Waals surface area contributed by atoms with Crippen LogP contribution in [-0.2, 0) is 0 Å². The van der Waals surface area contributed by atoms with Crippen molar-refractivity contribution in [3.05, 3.63) is 11.8 Å². The average molecular weight is 170 g/mol. The highest BCUT2D eigenvalue weighted by molar-refractivity contribution is 5.08. The zero-order valence-electron chi connectivity index (χ0n) is 8.59. The Kier molecular flexibility index (Phi) is 2.32. The van der Waals surface area contributed by atoms with Gasteiger partial charge in [-0.25, -0.2) is 0 Å². The van der Waals surface area contributed by atoms with Gasteiger partial charge in [-0.05, 0) is 20.8 Å². The fourth-order valence-electron chi connectivity index (χ4n) is 2.32. The second-order valence-corrected chi connectivity index (χ2v) is 4.08. The summed E-state index contributed by atoms with van der Waals surface area (Å²) in [6, 6.07) is 0. The van der Waals surface area contributed by atoms with E-state index in [1.54, 1.807) is 0 Å². The molecular formula is C10H20NO+. The van der Waals surface area contributed by atoms with Crippen molar-refractivity contribution < 1.29 is 9.59 Å². The summed E-state index contributed by atoms with van der Waals surface area (Å²) in [5, 5.41) is 9.87. The van der Waals surface area contributed by atoms with Crippen LogP contribution in [0.4, 0.5) is 0 Å². The standard InChI is InChI=1S/C10H20NO/c1-5-11(6-2)8-10(4,12)7-9(11)3/h7,12H,5-6,8H2,1-4H3/q+1. The molecule has 2 nitrogen and oxygen atoms in total. The lowest BCUT2D eigenvalue weighted by Crippen LogP contribution is -2.48. The van der Waals surface area contributed by atoms with Gasteiger partial charge in [0.25, 0.3) is 0 Å². The molecule has 0 amide bonds. The van der Waals surface area contributed by atoms with Gasteiger partial charge in [0.05, 0.1) is 13.1 Å². The largest absolute Gasteiger partial charge is 0.380 e. The summed E-state index contributed by atoms with van der Waals surface area (Å²) in [6.07, 6.45) is 2.00. The molecule has 0 bridgehead atoms. The molecular weight excluding hydrogens is 150 g/mol. The van der Waals surface area contributed by atoms with E-state index >= 15 is 0 Å². The van der Waals surface area contributed by atoms with Crippen molar-refractivity contribution in [2.75, 3.05) is 19.6 Å². The number of likely N-dealkylation sites (N-methyl/N-ethyl adjacent to an activating group) is 1. The monoisotopic (exact) mass is 170 g/mol. The van der Waals surface area contributed by atoms with Crippen molar-refractivity contribution in [2.24, 2.45) is 0 Å². The maximum atomic E-state index is 9.87. The minimum absolute atomic E-state index is 0.587. The average Bonchev–Trinajstić information content (AvgIpc) is 2.21. The van der Waals surface area contributed by atoms with E-state index in [0.717, 1.165) is 24.1 Å². The van der Waals surface area contributed by atoms with Gasteiger partial charge in [0.2, 0.25) is 0 Å². The van der Waals surface area contributed by atoms with Gasteiger partial charge in [-0.15, -0.1) is 0 Å². The highest BCUT2D eigenvalue weighted by Crippen LogP contribution is 2.30. The summed E-state index contributed by atoms with van der Waals surface area (Å²) < 4.78 is 0.951. The van der Waals surface area contributed by atoms with Gasteiger partial charge < -0.3 is 5.11 Å². The summed E-state index contributed by atoms with van der Waals surface area (Å²) in [6.45, 7) is 11.4. The van der Waals surface area contributed by atoms with Crippen LogP contribution in [0.15, 0.2) is 11.8 Å². The predicted molar refractivity (Wildman–Crippen MR) is 50.6 cm³/mol. The van der Waals surface area contributed by atoms with E-state index in [9.17, 15) is 5.11 Å². The number of hydrogen-bond donors (Lipinski definition) is 1. The zero-order chi connectivity index (χ0) is 9.41. The van der Waals surface area contributed by atoms with Gasteiger partial charge >= 0.3 is 0 Å². The Hall–Kier alpha value is -0.340. The third-order valence-corrected chi connectivity index (χ3v) is 3.10. The number of rotatable bonds is 2. The molecule has 1 aliphatic rings. The fraction of sp³-hybridized carbons (Fsp3) is 0.800. The first-order chi connectivity index (χ1) is 5.46. The van der Waals surface area contributed by atoms with Crippen LogP contribution in [0.2, 0.25) is 0 Å². The van der Waals surface area contributed by atoms with E-state index in [1.807, 2.05) is 13.0 Å². The second kappa shape index (κ2) is 2.86. The predicted octanol–water partition coefficient (Wildman–Crippen LogP) is 1.51. The molecule has 0 saturated carbocycles. The van der Waals surface area contributed by atoms with E-state index in [-0.39, 0.29) is 0 Å². The van der Waals surface area contributed by atoms with Gasteiger partial charge in [0.15, 0.2) is 0 Å². The molecule has 1 N–H and O–H groups in total. The SMILES string of the molecule is CC[N+]1(CC)CC(C)(O)C=C1C. The molecule has 0 spiro atoms. The molecule has 0 aromatic heterocycles. The minimum Gasteiger partial charge on any atom is -0.380 e. The molecule has 1 aliphatic heterocycles. The van der Waals surface area contributed by atoms with E-state index in [1.165, 1.54) is 5.70 Å². The lowest BCUT2D eigenvalue weighted by atomic mass is 10.1. The van der Waals surface area contributed by atoms with Crippen molar-refractivity contribution in [1.29, 1.82) is 0 Å². The Labute approximate surface area is 75.1 Å². The second-order valence-electron chi connectivity index (χ2n) is 4.08. The Morgan fingerprint density at radius 1 is 1.50 bits per heavy atom. The lowest BCUT2D eigenvalue weighted by Gasteiger charge is -2.34. The highest BCUT2D eigenvalue weighted by Gasteiger charge is 2.41. The Morgan fingerprint density at radius 3 is 2.17 bits per heavy atom. The van der Waals surface area contributed by atoms with Crippen molar-refractivity contribution in [1.82, 2.24) is 0 Å². The molecule has 1 unspecified atom stereocenters. The van der Waals surface area contributed by atoms with Crippen LogP contribution in [0.1, 0.15) is 27.7 Å². The van der Waals surface area contributed by atoms with Crippen LogP contribution in [0.25, 0.3) is 0 Å². The minimum atomic E-state index is -0.587. The zero-order valence-corrected chi connectivity index (χ0v) is 8.59. The first-order valence-corrected chi connectivity index (χ1v) is 4.74. The number of quaternary nitrogens is 1. The molecule has 0 saturated heterocycles. The number of nitrogens with zero attached hydrogens (tertiary/aromatic N) is 1. The van der Waals surface area contributed by atoms with Crippen molar-refractivity contribution in [3.63, 3.8) is 0 Å². The van der Waals surface area contributed by atoms with E-state index in [0.29, 0.717) is 0 Å². The summed E-state index contributed by atoms with van der Waals surface area (Å²) >= 11 is 0. The molecule has 2 heteroatoms. The first-order valence-electron chi connectivity index (χ1n) is 4.74. The van der Waals surface area contributed by atoms with Crippen LogP contribution in [0.3, 0.4) is 0 Å². The van der Waals surface area contributed by atoms with Gasteiger partial charge in [0, 0.05) is 13.0 Å². The summed E-state index contributed by atoms with van der Waals surface area (Å²) in [4.78, 5) is 0. The van der Waals surface area contributed by atoms with Crippen LogP contribution < -0.4 is 0 Å². The number of allylic oxidation sites excluding steroid dienone is 1. The van der Waals surface area contributed by atoms with Gasteiger partial charge in [-0.1, -0.05) is 0 Å². The Balaban J connectivity index is 2.92. The summed E-state index contributed by atoms with van der Waals surface area (Å²) in [5.74, 6) is 0. The van der Waals surface area contributed by atoms with Gasteiger partial charge in [0.1, 0.15) is 17.8 Å². The molecule has 12 heavy (non-hydrogen) atoms. The summed E-state index contributed by atoms with van der Waals surface area (Å²) in [7, 11) is 0. The normalized spacial score (nSPS) is 33.6. The molecule has 0 aromatic carbocycles. The Morgan fingerprint density at radius 2 is 2.00 bits per heavy atom. The molecule has 0 fully saturated rings. The Bertz CT molecular complexity index is 202. The third-order valence-electron chi connectivity index (χ3n) is 3.10. The van der Waals surface area contributed by atoms with E-state index < -0.39 is 5.60 Å². The van der Waals surface area contributed by atoms with Crippen LogP contribution in [0, 0.1) is 0 Å². The summed E-state index contributed by atoms with van der Waals surface area (Å²) in [5.41, 5.74) is 0.723. The van der Waals surface area contributed by atoms with Crippen LogP contribution in [0.5, 0.6) is 0 Å². The van der Waals surface area contributed by atoms with Gasteiger partial charge in [-0.2, -0.15) is 0 Å². The first kappa shape index (κ1) is 9.75. The molecule has 70 valence electrons. The molecule has 1 rings (SSSR count). The third kappa shape index (κ3) is 1.41. The van der Waals surface area contributed by atoms with Crippen molar-refractivity contribution >= 4 is 0 Å². The molecule has 1 heterocycles. The quantitative estimate of drug-likeness (QED) is 0.623. The molecule has 1 atom stereocenters. The maximum absolute atomic E-state index is 9.87. The molecule has 0 aliphatic carbocycles. The van der Waals surface area contributed by atoms with E-state index in [2.05, 4.69) is 20.8 Å². The van der Waals surface area contributed by atoms with Crippen molar-refractivity contribution in [3.8, 4) is 0 Å².